The Morgan fingerprint density at radius 3 is 2.46 bits per heavy atom. The third-order valence-corrected chi connectivity index (χ3v) is 4.73. The molecule has 5 nitrogen and oxygen atoms in total. The zero-order valence-electron chi connectivity index (χ0n) is 14.9. The molecule has 2 aromatic carbocycles. The Bertz CT molecular complexity index is 767. The Balaban J connectivity index is 1.69. The first-order valence-electron chi connectivity index (χ1n) is 8.81. The summed E-state index contributed by atoms with van der Waals surface area (Å²) in [6, 6.07) is 16.8. The zero-order chi connectivity index (χ0) is 18.4. The highest BCUT2D eigenvalue weighted by molar-refractivity contribution is 5.98. The lowest BCUT2D eigenvalue weighted by molar-refractivity contribution is -0.148. The van der Waals surface area contributed by atoms with Gasteiger partial charge in [0, 0.05) is 5.56 Å². The average Bonchev–Trinajstić information content (AvgIpc) is 3.16. The number of hydrogen-bond acceptors (Lipinski definition) is 4. The van der Waals surface area contributed by atoms with Crippen molar-refractivity contribution < 1.29 is 19.1 Å². The Morgan fingerprint density at radius 2 is 1.77 bits per heavy atom. The van der Waals surface area contributed by atoms with Crippen molar-refractivity contribution >= 4 is 11.9 Å². The standard InChI is InChI=1S/C21H23NO4/c1-25-20(24)21(12-5-6-13-21)22-19(23)17-10-7-11-18(14-17)26-15-16-8-3-2-4-9-16/h2-4,7-11,14H,5-6,12-13,15H2,1H3,(H,22,23). The second kappa shape index (κ2) is 8.04. The van der Waals surface area contributed by atoms with Crippen LogP contribution in [0, 0.1) is 0 Å². The molecule has 0 bridgehead atoms. The Hall–Kier alpha value is -2.82. The summed E-state index contributed by atoms with van der Waals surface area (Å²) >= 11 is 0. The van der Waals surface area contributed by atoms with Crippen LogP contribution in [0.4, 0.5) is 0 Å². The molecule has 0 unspecified atom stereocenters. The molecule has 0 spiro atoms. The minimum Gasteiger partial charge on any atom is -0.489 e. The molecule has 3 rings (SSSR count). The van der Waals surface area contributed by atoms with Crippen molar-refractivity contribution in [3.63, 3.8) is 0 Å². The fraction of sp³-hybridized carbons (Fsp3) is 0.333. The highest BCUT2D eigenvalue weighted by atomic mass is 16.5. The smallest absolute Gasteiger partial charge is 0.331 e. The third kappa shape index (κ3) is 4.04. The molecule has 1 saturated carbocycles. The average molecular weight is 353 g/mol. The van der Waals surface area contributed by atoms with E-state index in [4.69, 9.17) is 9.47 Å². The van der Waals surface area contributed by atoms with Crippen molar-refractivity contribution in [1.82, 2.24) is 5.32 Å². The van der Waals surface area contributed by atoms with E-state index in [1.165, 1.54) is 7.11 Å². The van der Waals surface area contributed by atoms with Gasteiger partial charge in [-0.3, -0.25) is 4.79 Å². The van der Waals surface area contributed by atoms with Crippen LogP contribution in [0.25, 0.3) is 0 Å². The van der Waals surface area contributed by atoms with Crippen molar-refractivity contribution in [3.05, 3.63) is 65.7 Å². The van der Waals surface area contributed by atoms with Crippen LogP contribution in [0.2, 0.25) is 0 Å². The second-order valence-electron chi connectivity index (χ2n) is 6.54. The summed E-state index contributed by atoms with van der Waals surface area (Å²) in [5.41, 5.74) is 0.607. The summed E-state index contributed by atoms with van der Waals surface area (Å²) < 4.78 is 10.7. The Kier molecular flexibility index (Phi) is 5.56. The summed E-state index contributed by atoms with van der Waals surface area (Å²) in [6.07, 6.45) is 3.01. The topological polar surface area (TPSA) is 64.6 Å². The van der Waals surface area contributed by atoms with Gasteiger partial charge in [0.15, 0.2) is 0 Å². The number of amides is 1. The molecule has 0 aliphatic heterocycles. The predicted molar refractivity (Wildman–Crippen MR) is 97.9 cm³/mol. The van der Waals surface area contributed by atoms with Crippen LogP contribution in [0.3, 0.4) is 0 Å². The third-order valence-electron chi connectivity index (χ3n) is 4.73. The molecule has 0 saturated heterocycles. The van der Waals surface area contributed by atoms with E-state index in [0.29, 0.717) is 30.8 Å². The van der Waals surface area contributed by atoms with Gasteiger partial charge in [0.25, 0.3) is 5.91 Å². The lowest BCUT2D eigenvalue weighted by Gasteiger charge is -2.27. The predicted octanol–water partition coefficient (Wildman–Crippen LogP) is 3.48. The molecule has 1 amide bonds. The first kappa shape index (κ1) is 18.0. The molecule has 0 atom stereocenters. The summed E-state index contributed by atoms with van der Waals surface area (Å²) in [4.78, 5) is 24.8. The monoisotopic (exact) mass is 353 g/mol. The lowest BCUT2D eigenvalue weighted by Crippen LogP contribution is -2.53. The number of esters is 1. The minimum absolute atomic E-state index is 0.289. The molecule has 5 heteroatoms. The normalized spacial score (nSPS) is 15.3. The van der Waals surface area contributed by atoms with E-state index < -0.39 is 5.54 Å². The van der Waals surface area contributed by atoms with Crippen molar-refractivity contribution in [1.29, 1.82) is 0 Å². The van der Waals surface area contributed by atoms with Gasteiger partial charge in [-0.25, -0.2) is 4.79 Å². The van der Waals surface area contributed by atoms with Crippen LogP contribution < -0.4 is 10.1 Å². The first-order chi connectivity index (χ1) is 12.6. The van der Waals surface area contributed by atoms with Crippen molar-refractivity contribution in [2.75, 3.05) is 7.11 Å². The van der Waals surface area contributed by atoms with Gasteiger partial charge in [-0.1, -0.05) is 49.2 Å². The maximum Gasteiger partial charge on any atom is 0.331 e. The molecule has 0 aromatic heterocycles. The number of nitrogens with one attached hydrogen (secondary N) is 1. The highest BCUT2D eigenvalue weighted by Gasteiger charge is 2.43. The van der Waals surface area contributed by atoms with E-state index in [2.05, 4.69) is 5.32 Å². The molecule has 136 valence electrons. The molecule has 26 heavy (non-hydrogen) atoms. The van der Waals surface area contributed by atoms with Crippen molar-refractivity contribution in [2.24, 2.45) is 0 Å². The first-order valence-corrected chi connectivity index (χ1v) is 8.81. The van der Waals surface area contributed by atoms with Gasteiger partial charge in [0.1, 0.15) is 17.9 Å². The number of methoxy groups -OCH3 is 1. The fourth-order valence-corrected chi connectivity index (χ4v) is 3.31. The van der Waals surface area contributed by atoms with Gasteiger partial charge < -0.3 is 14.8 Å². The lowest BCUT2D eigenvalue weighted by atomic mass is 9.97. The number of carbonyl (C=O) groups is 2. The zero-order valence-corrected chi connectivity index (χ0v) is 14.9. The summed E-state index contributed by atoms with van der Waals surface area (Å²) in [5.74, 6) is -0.0534. The van der Waals surface area contributed by atoms with E-state index in [1.54, 1.807) is 18.2 Å². The van der Waals surface area contributed by atoms with E-state index in [9.17, 15) is 9.59 Å². The van der Waals surface area contributed by atoms with Gasteiger partial charge in [-0.2, -0.15) is 0 Å². The van der Waals surface area contributed by atoms with Crippen LogP contribution >= 0.6 is 0 Å². The number of benzene rings is 2. The van der Waals surface area contributed by atoms with Gasteiger partial charge >= 0.3 is 5.97 Å². The fourth-order valence-electron chi connectivity index (χ4n) is 3.31. The SMILES string of the molecule is COC(=O)C1(NC(=O)c2cccc(OCc3ccccc3)c2)CCCC1. The summed E-state index contributed by atoms with van der Waals surface area (Å²) in [7, 11) is 1.35. The van der Waals surface area contributed by atoms with Crippen LogP contribution in [0.5, 0.6) is 5.75 Å². The summed E-state index contributed by atoms with van der Waals surface area (Å²) in [6.45, 7) is 0.429. The van der Waals surface area contributed by atoms with Gasteiger partial charge in [0.2, 0.25) is 0 Å². The summed E-state index contributed by atoms with van der Waals surface area (Å²) in [5, 5.41) is 2.89. The van der Waals surface area contributed by atoms with E-state index >= 15 is 0 Å². The second-order valence-corrected chi connectivity index (χ2v) is 6.54. The van der Waals surface area contributed by atoms with E-state index in [1.807, 2.05) is 36.4 Å². The largest absolute Gasteiger partial charge is 0.489 e. The Labute approximate surface area is 153 Å². The van der Waals surface area contributed by atoms with Gasteiger partial charge in [-0.15, -0.1) is 0 Å². The van der Waals surface area contributed by atoms with Crippen LogP contribution in [0.15, 0.2) is 54.6 Å². The number of ether oxygens (including phenoxy) is 2. The van der Waals surface area contributed by atoms with Gasteiger partial charge in [0.05, 0.1) is 7.11 Å². The minimum atomic E-state index is -0.910. The van der Waals surface area contributed by atoms with Crippen molar-refractivity contribution in [2.45, 2.75) is 37.8 Å². The maximum absolute atomic E-state index is 12.7. The van der Waals surface area contributed by atoms with Crippen LogP contribution in [0.1, 0.15) is 41.6 Å². The molecule has 1 fully saturated rings. The molecule has 0 heterocycles. The van der Waals surface area contributed by atoms with Crippen LogP contribution in [-0.4, -0.2) is 24.5 Å². The molecule has 0 radical (unpaired) electrons. The number of carbonyl (C=O) groups excluding carboxylic acids is 2. The number of hydrogen-bond donors (Lipinski definition) is 1. The number of rotatable bonds is 6. The van der Waals surface area contributed by atoms with Gasteiger partial charge in [-0.05, 0) is 36.6 Å². The van der Waals surface area contributed by atoms with Crippen molar-refractivity contribution in [3.8, 4) is 5.75 Å². The highest BCUT2D eigenvalue weighted by Crippen LogP contribution is 2.31. The molecule has 1 N–H and O–H groups in total. The maximum atomic E-state index is 12.7. The Morgan fingerprint density at radius 1 is 1.04 bits per heavy atom. The van der Waals surface area contributed by atoms with E-state index in [-0.39, 0.29) is 11.9 Å². The molecular weight excluding hydrogens is 330 g/mol. The van der Waals surface area contributed by atoms with E-state index in [0.717, 1.165) is 18.4 Å². The molecular formula is C21H23NO4. The molecule has 2 aromatic rings. The van der Waals surface area contributed by atoms with Crippen LogP contribution in [-0.2, 0) is 16.1 Å². The molecule has 1 aliphatic rings. The molecule has 1 aliphatic carbocycles. The quantitative estimate of drug-likeness (QED) is 0.808.